The highest BCUT2D eigenvalue weighted by molar-refractivity contribution is 5.76. The molecule has 0 aliphatic heterocycles. The monoisotopic (exact) mass is 186 g/mol. The summed E-state index contributed by atoms with van der Waals surface area (Å²) in [6.45, 7) is 11.7. The molecule has 0 aromatic rings. The Kier molecular flexibility index (Phi) is 3.95. The Morgan fingerprint density at radius 3 is 1.69 bits per heavy atom. The van der Waals surface area contributed by atoms with E-state index in [4.69, 9.17) is 4.74 Å². The van der Waals surface area contributed by atoms with E-state index in [1.807, 2.05) is 41.5 Å². The normalized spacial score (nSPS) is 12.8. The maximum atomic E-state index is 11.7. The second-order valence-corrected chi connectivity index (χ2v) is 4.77. The lowest BCUT2D eigenvalue weighted by Gasteiger charge is -2.29. The van der Waals surface area contributed by atoms with Crippen LogP contribution in [0.25, 0.3) is 0 Å². The molecule has 2 heteroatoms. The highest BCUT2D eigenvalue weighted by Crippen LogP contribution is 2.28. The maximum Gasteiger partial charge on any atom is 0.312 e. The van der Waals surface area contributed by atoms with Crippen LogP contribution in [0.4, 0.5) is 0 Å². The van der Waals surface area contributed by atoms with Crippen molar-refractivity contribution in [3.63, 3.8) is 0 Å². The van der Waals surface area contributed by atoms with Crippen molar-refractivity contribution >= 4 is 5.97 Å². The largest absolute Gasteiger partial charge is 0.460 e. The van der Waals surface area contributed by atoms with Gasteiger partial charge in [-0.25, -0.2) is 0 Å². The number of hydrogen-bond acceptors (Lipinski definition) is 2. The Morgan fingerprint density at radius 1 is 1.08 bits per heavy atom. The smallest absolute Gasteiger partial charge is 0.312 e. The highest BCUT2D eigenvalue weighted by Gasteiger charge is 2.33. The summed E-state index contributed by atoms with van der Waals surface area (Å²) in [5.74, 6) is -0.0787. The first-order chi connectivity index (χ1) is 5.75. The molecule has 0 unspecified atom stereocenters. The molecule has 0 N–H and O–H groups in total. The van der Waals surface area contributed by atoms with Crippen LogP contribution in [0.15, 0.2) is 0 Å². The van der Waals surface area contributed by atoms with E-state index in [0.29, 0.717) is 0 Å². The van der Waals surface area contributed by atoms with Crippen molar-refractivity contribution < 1.29 is 9.53 Å². The topological polar surface area (TPSA) is 26.3 Å². The van der Waals surface area contributed by atoms with Gasteiger partial charge >= 0.3 is 5.97 Å². The minimum absolute atomic E-state index is 0.0787. The number of rotatable bonds is 3. The van der Waals surface area contributed by atoms with E-state index in [9.17, 15) is 4.79 Å². The predicted octanol–water partition coefficient (Wildman–Crippen LogP) is 3.15. The van der Waals surface area contributed by atoms with Crippen LogP contribution >= 0.6 is 0 Å². The Labute approximate surface area is 81.7 Å². The molecule has 78 valence electrons. The third kappa shape index (κ3) is 3.79. The maximum absolute atomic E-state index is 11.7. The molecule has 0 spiro atoms. The van der Waals surface area contributed by atoms with Gasteiger partial charge < -0.3 is 4.74 Å². The van der Waals surface area contributed by atoms with E-state index in [-0.39, 0.29) is 17.0 Å². The zero-order valence-corrected chi connectivity index (χ0v) is 9.73. The fraction of sp³-hybridized carbons (Fsp3) is 0.909. The van der Waals surface area contributed by atoms with Gasteiger partial charge in [-0.2, -0.15) is 0 Å². The second kappa shape index (κ2) is 4.12. The lowest BCUT2D eigenvalue weighted by Crippen LogP contribution is -2.34. The Balaban J connectivity index is 4.41. The Bertz CT molecular complexity index is 173. The summed E-state index contributed by atoms with van der Waals surface area (Å²) in [7, 11) is 0. The van der Waals surface area contributed by atoms with Gasteiger partial charge in [0.05, 0.1) is 5.41 Å². The summed E-state index contributed by atoms with van der Waals surface area (Å²) in [4.78, 5) is 11.7. The number of ether oxygens (including phenoxy) is 1. The standard InChI is InChI=1S/C11H22O2/c1-7-11(6,8-2)9(12)13-10(3,4)5/h7-8H2,1-6H3. The summed E-state index contributed by atoms with van der Waals surface area (Å²) in [6, 6.07) is 0. The average molecular weight is 186 g/mol. The molecule has 0 rings (SSSR count). The van der Waals surface area contributed by atoms with Gasteiger partial charge in [-0.05, 0) is 40.5 Å². The molecule has 0 heterocycles. The second-order valence-electron chi connectivity index (χ2n) is 4.77. The molecule has 0 saturated carbocycles. The third-order valence-corrected chi connectivity index (χ3v) is 2.45. The van der Waals surface area contributed by atoms with Gasteiger partial charge in [0.15, 0.2) is 0 Å². The van der Waals surface area contributed by atoms with Crippen molar-refractivity contribution in [2.45, 2.75) is 60.0 Å². The number of hydrogen-bond donors (Lipinski definition) is 0. The van der Waals surface area contributed by atoms with E-state index >= 15 is 0 Å². The van der Waals surface area contributed by atoms with Crippen LogP contribution in [0.3, 0.4) is 0 Å². The van der Waals surface area contributed by atoms with Crippen LogP contribution in [0.1, 0.15) is 54.4 Å². The van der Waals surface area contributed by atoms with Crippen molar-refractivity contribution in [1.29, 1.82) is 0 Å². The van der Waals surface area contributed by atoms with Crippen LogP contribution in [0.5, 0.6) is 0 Å². The van der Waals surface area contributed by atoms with E-state index < -0.39 is 0 Å². The van der Waals surface area contributed by atoms with Gasteiger partial charge in [-0.15, -0.1) is 0 Å². The van der Waals surface area contributed by atoms with Gasteiger partial charge in [0, 0.05) is 0 Å². The first-order valence-corrected chi connectivity index (χ1v) is 4.98. The molecule has 0 fully saturated rings. The zero-order valence-electron chi connectivity index (χ0n) is 9.73. The molecule has 0 aliphatic carbocycles. The van der Waals surface area contributed by atoms with Crippen molar-refractivity contribution in [3.8, 4) is 0 Å². The molecule has 13 heavy (non-hydrogen) atoms. The number of carbonyl (C=O) groups excluding carboxylic acids is 1. The molecule has 0 bridgehead atoms. The Morgan fingerprint density at radius 2 is 1.46 bits per heavy atom. The van der Waals surface area contributed by atoms with E-state index in [0.717, 1.165) is 12.8 Å². The molecule has 0 atom stereocenters. The van der Waals surface area contributed by atoms with Gasteiger partial charge in [0.1, 0.15) is 5.60 Å². The molecule has 0 amide bonds. The van der Waals surface area contributed by atoms with Crippen LogP contribution < -0.4 is 0 Å². The summed E-state index contributed by atoms with van der Waals surface area (Å²) in [5.41, 5.74) is -0.685. The summed E-state index contributed by atoms with van der Waals surface area (Å²) in [5, 5.41) is 0. The van der Waals surface area contributed by atoms with Gasteiger partial charge in [-0.1, -0.05) is 13.8 Å². The van der Waals surface area contributed by atoms with Crippen molar-refractivity contribution in [2.24, 2.45) is 5.41 Å². The minimum Gasteiger partial charge on any atom is -0.460 e. The number of carbonyl (C=O) groups is 1. The predicted molar refractivity (Wildman–Crippen MR) is 54.5 cm³/mol. The third-order valence-electron chi connectivity index (χ3n) is 2.45. The lowest BCUT2D eigenvalue weighted by atomic mass is 9.85. The number of esters is 1. The van der Waals surface area contributed by atoms with Crippen LogP contribution in [0.2, 0.25) is 0 Å². The van der Waals surface area contributed by atoms with Crippen LogP contribution in [0, 0.1) is 5.41 Å². The molecule has 0 aromatic heterocycles. The fourth-order valence-corrected chi connectivity index (χ4v) is 0.940. The molecule has 0 aromatic carbocycles. The van der Waals surface area contributed by atoms with E-state index in [1.54, 1.807) is 0 Å². The molecule has 2 nitrogen and oxygen atoms in total. The first kappa shape index (κ1) is 12.5. The summed E-state index contributed by atoms with van der Waals surface area (Å²) < 4.78 is 5.35. The molecular formula is C11H22O2. The van der Waals surface area contributed by atoms with Gasteiger partial charge in [-0.3, -0.25) is 4.79 Å². The summed E-state index contributed by atoms with van der Waals surface area (Å²) in [6.07, 6.45) is 1.66. The van der Waals surface area contributed by atoms with E-state index in [1.165, 1.54) is 0 Å². The minimum atomic E-state index is -0.372. The lowest BCUT2D eigenvalue weighted by molar-refractivity contribution is -0.167. The van der Waals surface area contributed by atoms with Gasteiger partial charge in [0.2, 0.25) is 0 Å². The molecule has 0 radical (unpaired) electrons. The Hall–Kier alpha value is -0.530. The first-order valence-electron chi connectivity index (χ1n) is 4.98. The zero-order chi connectivity index (χ0) is 10.7. The molecule has 0 saturated heterocycles. The summed E-state index contributed by atoms with van der Waals surface area (Å²) >= 11 is 0. The SMILES string of the molecule is CCC(C)(CC)C(=O)OC(C)(C)C. The van der Waals surface area contributed by atoms with Crippen LogP contribution in [-0.2, 0) is 9.53 Å². The average Bonchev–Trinajstić information content (AvgIpc) is 2.00. The van der Waals surface area contributed by atoms with Crippen molar-refractivity contribution in [1.82, 2.24) is 0 Å². The van der Waals surface area contributed by atoms with Crippen molar-refractivity contribution in [3.05, 3.63) is 0 Å². The quantitative estimate of drug-likeness (QED) is 0.633. The molecule has 0 aliphatic rings. The fourth-order valence-electron chi connectivity index (χ4n) is 0.940. The van der Waals surface area contributed by atoms with Gasteiger partial charge in [0.25, 0.3) is 0 Å². The highest BCUT2D eigenvalue weighted by atomic mass is 16.6. The van der Waals surface area contributed by atoms with Crippen molar-refractivity contribution in [2.75, 3.05) is 0 Å². The molecular weight excluding hydrogens is 164 g/mol. The van der Waals surface area contributed by atoms with E-state index in [2.05, 4.69) is 0 Å². The van der Waals surface area contributed by atoms with Crippen LogP contribution in [-0.4, -0.2) is 11.6 Å².